The largest absolute Gasteiger partial charge is 0.298 e. The molecule has 4 nitrogen and oxygen atoms in total. The van der Waals surface area contributed by atoms with E-state index in [2.05, 4.69) is 0 Å². The zero-order valence-electron chi connectivity index (χ0n) is 8.02. The zero-order valence-corrected chi connectivity index (χ0v) is 9.60. The molecule has 17 heavy (non-hydrogen) atoms. The lowest BCUT2D eigenvalue weighted by Gasteiger charge is -2.09. The Morgan fingerprint density at radius 1 is 1.41 bits per heavy atom. The monoisotopic (exact) mass is 279 g/mol. The molecular weight excluding hydrogens is 276 g/mol. The van der Waals surface area contributed by atoms with E-state index >= 15 is 0 Å². The van der Waals surface area contributed by atoms with Gasteiger partial charge in [0.05, 0.1) is 16.5 Å². The van der Waals surface area contributed by atoms with Crippen molar-refractivity contribution in [2.24, 2.45) is 0 Å². The maximum atomic E-state index is 12.7. The van der Waals surface area contributed by atoms with Crippen molar-refractivity contribution in [3.8, 4) is 6.07 Å². The molecule has 0 unspecified atom stereocenters. The Kier molecular flexibility index (Phi) is 3.80. The molecule has 0 heterocycles. The molecule has 1 aromatic carbocycles. The molecule has 0 saturated heterocycles. The molecule has 0 radical (unpaired) electrons. The van der Waals surface area contributed by atoms with Crippen LogP contribution in [0.5, 0.6) is 0 Å². The van der Waals surface area contributed by atoms with E-state index in [9.17, 15) is 22.0 Å². The summed E-state index contributed by atoms with van der Waals surface area (Å²) in [6.45, 7) is 0. The smallest absolute Gasteiger partial charge is 0.265 e. The minimum Gasteiger partial charge on any atom is -0.298 e. The van der Waals surface area contributed by atoms with Crippen molar-refractivity contribution in [1.29, 1.82) is 5.26 Å². The molecule has 0 saturated carbocycles. The fourth-order valence-corrected chi connectivity index (χ4v) is 2.37. The van der Waals surface area contributed by atoms with Crippen LogP contribution in [0.15, 0.2) is 17.0 Å². The minimum atomic E-state index is -4.41. The molecule has 0 N–H and O–H groups in total. The van der Waals surface area contributed by atoms with Crippen LogP contribution in [-0.4, -0.2) is 14.7 Å². The minimum absolute atomic E-state index is 0.00557. The molecule has 0 aromatic heterocycles. The second-order valence-electron chi connectivity index (χ2n) is 2.91. The first kappa shape index (κ1) is 13.5. The summed E-state index contributed by atoms with van der Waals surface area (Å²) >= 11 is 0. The van der Waals surface area contributed by atoms with E-state index in [1.54, 1.807) is 0 Å². The Labute approximate surface area is 99.8 Å². The van der Waals surface area contributed by atoms with Crippen molar-refractivity contribution in [3.63, 3.8) is 0 Å². The number of carbonyl (C=O) groups excluding carboxylic acids is 1. The fraction of sp³-hybridized carbons (Fsp3) is 0.111. The second-order valence-corrected chi connectivity index (χ2v) is 5.44. The van der Waals surface area contributed by atoms with Crippen LogP contribution in [-0.2, 0) is 9.05 Å². The van der Waals surface area contributed by atoms with E-state index in [0.717, 1.165) is 12.1 Å². The number of nitrogens with zero attached hydrogens (tertiary/aromatic N) is 1. The number of hydrogen-bond acceptors (Lipinski definition) is 4. The molecule has 90 valence electrons. The van der Waals surface area contributed by atoms with Crippen LogP contribution in [0.2, 0.25) is 0 Å². The number of aldehydes is 1. The van der Waals surface area contributed by atoms with Crippen LogP contribution in [0.4, 0.5) is 8.78 Å². The normalized spacial score (nSPS) is 11.2. The van der Waals surface area contributed by atoms with Crippen LogP contribution in [0, 0.1) is 11.3 Å². The van der Waals surface area contributed by atoms with Crippen molar-refractivity contribution in [3.05, 3.63) is 28.8 Å². The Morgan fingerprint density at radius 3 is 2.35 bits per heavy atom. The summed E-state index contributed by atoms with van der Waals surface area (Å²) in [6, 6.07) is 3.24. The standard InChI is InChI=1S/C9H4ClF2NO3S/c10-17(15,16)7-2-1-5(3-13)6(4-14)8(7)9(11)12/h1-2,4,9H. The molecule has 0 aliphatic rings. The first-order valence-electron chi connectivity index (χ1n) is 4.08. The first-order valence-corrected chi connectivity index (χ1v) is 6.38. The highest BCUT2D eigenvalue weighted by Crippen LogP contribution is 2.32. The summed E-state index contributed by atoms with van der Waals surface area (Å²) in [6.07, 6.45) is -3.22. The molecule has 1 rings (SSSR count). The number of carbonyl (C=O) groups is 1. The van der Waals surface area contributed by atoms with Gasteiger partial charge in [-0.15, -0.1) is 0 Å². The molecular formula is C9H4ClF2NO3S. The SMILES string of the molecule is N#Cc1ccc(S(=O)(=O)Cl)c(C(F)F)c1C=O. The van der Waals surface area contributed by atoms with Gasteiger partial charge in [0.25, 0.3) is 15.5 Å². The van der Waals surface area contributed by atoms with Gasteiger partial charge in [-0.3, -0.25) is 4.79 Å². The van der Waals surface area contributed by atoms with E-state index in [1.807, 2.05) is 0 Å². The summed E-state index contributed by atoms with van der Waals surface area (Å²) in [5.74, 6) is 0. The highest BCUT2D eigenvalue weighted by atomic mass is 35.7. The lowest BCUT2D eigenvalue weighted by molar-refractivity contribution is 0.110. The van der Waals surface area contributed by atoms with Gasteiger partial charge in [0.1, 0.15) is 0 Å². The Balaban J connectivity index is 3.80. The molecule has 0 amide bonds. The van der Waals surface area contributed by atoms with E-state index < -0.39 is 31.5 Å². The van der Waals surface area contributed by atoms with Crippen LogP contribution in [0.3, 0.4) is 0 Å². The lowest BCUT2D eigenvalue weighted by atomic mass is 10.0. The molecule has 8 heteroatoms. The highest BCUT2D eigenvalue weighted by molar-refractivity contribution is 8.13. The van der Waals surface area contributed by atoms with Gasteiger partial charge in [-0.1, -0.05) is 0 Å². The van der Waals surface area contributed by atoms with Gasteiger partial charge >= 0.3 is 0 Å². The second kappa shape index (κ2) is 4.77. The summed E-state index contributed by atoms with van der Waals surface area (Å²) in [5, 5.41) is 8.61. The average Bonchev–Trinajstić information content (AvgIpc) is 2.25. The van der Waals surface area contributed by atoms with Crippen LogP contribution < -0.4 is 0 Å². The van der Waals surface area contributed by atoms with E-state index in [4.69, 9.17) is 15.9 Å². The molecule has 0 bridgehead atoms. The third kappa shape index (κ3) is 2.60. The molecule has 0 atom stereocenters. The summed E-state index contributed by atoms with van der Waals surface area (Å²) in [5.41, 5.74) is -2.04. The molecule has 0 aliphatic heterocycles. The van der Waals surface area contributed by atoms with Gasteiger partial charge in [0.15, 0.2) is 6.29 Å². The topological polar surface area (TPSA) is 75.0 Å². The van der Waals surface area contributed by atoms with Gasteiger partial charge in [0.2, 0.25) is 0 Å². The van der Waals surface area contributed by atoms with Gasteiger partial charge in [-0.25, -0.2) is 17.2 Å². The fourth-order valence-electron chi connectivity index (χ4n) is 1.28. The number of benzene rings is 1. The Hall–Kier alpha value is -1.52. The maximum Gasteiger partial charge on any atom is 0.265 e. The van der Waals surface area contributed by atoms with Crippen molar-refractivity contribution in [2.45, 2.75) is 11.3 Å². The van der Waals surface area contributed by atoms with E-state index in [-0.39, 0.29) is 11.8 Å². The summed E-state index contributed by atoms with van der Waals surface area (Å²) < 4.78 is 47.6. The number of halogens is 3. The van der Waals surface area contributed by atoms with Crippen molar-refractivity contribution in [2.75, 3.05) is 0 Å². The predicted octanol–water partition coefficient (Wildman–Crippen LogP) is 2.24. The summed E-state index contributed by atoms with van der Waals surface area (Å²) in [4.78, 5) is 9.80. The maximum absolute atomic E-state index is 12.7. The number of rotatable bonds is 3. The third-order valence-electron chi connectivity index (χ3n) is 1.97. The van der Waals surface area contributed by atoms with Gasteiger partial charge in [-0.05, 0) is 12.1 Å². The highest BCUT2D eigenvalue weighted by Gasteiger charge is 2.26. The van der Waals surface area contributed by atoms with Crippen LogP contribution in [0.1, 0.15) is 27.9 Å². The third-order valence-corrected chi connectivity index (χ3v) is 3.35. The van der Waals surface area contributed by atoms with Crippen LogP contribution >= 0.6 is 10.7 Å². The quantitative estimate of drug-likeness (QED) is 0.628. The van der Waals surface area contributed by atoms with Gasteiger partial charge in [0, 0.05) is 21.8 Å². The Bertz CT molecular complexity index is 607. The average molecular weight is 280 g/mol. The Morgan fingerprint density at radius 2 is 2.00 bits per heavy atom. The molecule has 0 fully saturated rings. The molecule has 0 aliphatic carbocycles. The van der Waals surface area contributed by atoms with Crippen molar-refractivity contribution in [1.82, 2.24) is 0 Å². The van der Waals surface area contributed by atoms with Crippen molar-refractivity contribution >= 4 is 26.0 Å². The van der Waals surface area contributed by atoms with Gasteiger partial charge in [-0.2, -0.15) is 5.26 Å². The van der Waals surface area contributed by atoms with E-state index in [0.29, 0.717) is 0 Å². The molecule has 1 aromatic rings. The number of alkyl halides is 2. The van der Waals surface area contributed by atoms with Gasteiger partial charge < -0.3 is 0 Å². The van der Waals surface area contributed by atoms with Crippen molar-refractivity contribution < 1.29 is 22.0 Å². The van der Waals surface area contributed by atoms with Crippen LogP contribution in [0.25, 0.3) is 0 Å². The lowest BCUT2D eigenvalue weighted by Crippen LogP contribution is -2.05. The molecule has 0 spiro atoms. The summed E-state index contributed by atoms with van der Waals surface area (Å²) in [7, 11) is 0.560. The zero-order chi connectivity index (χ0) is 13.2. The number of hydrogen-bond donors (Lipinski definition) is 0. The first-order chi connectivity index (χ1) is 7.82. The number of nitriles is 1. The van der Waals surface area contributed by atoms with E-state index in [1.165, 1.54) is 6.07 Å². The predicted molar refractivity (Wildman–Crippen MR) is 54.5 cm³/mol.